The molecular weight excluding hydrogens is 402 g/mol. The lowest BCUT2D eigenvalue weighted by Gasteiger charge is -2.28. The molecule has 0 unspecified atom stereocenters. The fourth-order valence-electron chi connectivity index (χ4n) is 3.35. The fourth-order valence-corrected chi connectivity index (χ4v) is 4.57. The molecule has 0 aromatic heterocycles. The SMILES string of the molecule is Cc1cc(C(=O)NCc2ccc(N3CCOCC3)cc2)cc(S(=O)(=O)N(C)C)c1C. The Balaban J connectivity index is 1.71. The maximum Gasteiger partial charge on any atom is 0.251 e. The van der Waals surface area contributed by atoms with Gasteiger partial charge in [-0.3, -0.25) is 4.79 Å². The first-order chi connectivity index (χ1) is 14.2. The minimum Gasteiger partial charge on any atom is -0.378 e. The van der Waals surface area contributed by atoms with E-state index < -0.39 is 10.0 Å². The smallest absolute Gasteiger partial charge is 0.251 e. The van der Waals surface area contributed by atoms with Gasteiger partial charge in [0.2, 0.25) is 10.0 Å². The number of nitrogens with zero attached hydrogens (tertiary/aromatic N) is 2. The molecule has 0 aliphatic carbocycles. The number of hydrogen-bond acceptors (Lipinski definition) is 5. The fraction of sp³-hybridized carbons (Fsp3) is 0.409. The zero-order valence-corrected chi connectivity index (χ0v) is 18.8. The topological polar surface area (TPSA) is 79.0 Å². The van der Waals surface area contributed by atoms with Crippen LogP contribution in [0.4, 0.5) is 5.69 Å². The van der Waals surface area contributed by atoms with E-state index in [0.29, 0.717) is 17.7 Å². The highest BCUT2D eigenvalue weighted by molar-refractivity contribution is 7.89. The second kappa shape index (κ2) is 9.16. The standard InChI is InChI=1S/C22H29N3O4S/c1-16-13-19(14-21(17(16)2)30(27,28)24(3)4)22(26)23-15-18-5-7-20(8-6-18)25-9-11-29-12-10-25/h5-8,13-14H,9-12,15H2,1-4H3,(H,23,26). The van der Waals surface area contributed by atoms with Gasteiger partial charge in [-0.15, -0.1) is 0 Å². The maximum atomic E-state index is 12.7. The average Bonchev–Trinajstić information content (AvgIpc) is 2.74. The molecule has 0 saturated carbocycles. The van der Waals surface area contributed by atoms with Crippen LogP contribution in [0.5, 0.6) is 0 Å². The van der Waals surface area contributed by atoms with Crippen molar-refractivity contribution >= 4 is 21.6 Å². The van der Waals surface area contributed by atoms with Crippen LogP contribution >= 0.6 is 0 Å². The molecule has 0 spiro atoms. The number of morpholine rings is 1. The quantitative estimate of drug-likeness (QED) is 0.759. The van der Waals surface area contributed by atoms with Crippen LogP contribution in [-0.4, -0.2) is 59.0 Å². The lowest BCUT2D eigenvalue weighted by Crippen LogP contribution is -2.36. The van der Waals surface area contributed by atoms with E-state index in [2.05, 4.69) is 10.2 Å². The largest absolute Gasteiger partial charge is 0.378 e. The Morgan fingerprint density at radius 1 is 1.10 bits per heavy atom. The number of sulfonamides is 1. The summed E-state index contributed by atoms with van der Waals surface area (Å²) in [4.78, 5) is 15.1. The number of anilines is 1. The molecule has 1 aliphatic rings. The van der Waals surface area contributed by atoms with Gasteiger partial charge in [0.05, 0.1) is 18.1 Å². The molecule has 0 radical (unpaired) electrons. The molecule has 1 saturated heterocycles. The number of nitrogens with one attached hydrogen (secondary N) is 1. The molecule has 0 bridgehead atoms. The highest BCUT2D eigenvalue weighted by Gasteiger charge is 2.23. The van der Waals surface area contributed by atoms with Crippen LogP contribution in [0.25, 0.3) is 0 Å². The lowest BCUT2D eigenvalue weighted by molar-refractivity contribution is 0.0950. The highest BCUT2D eigenvalue weighted by Crippen LogP contribution is 2.23. The van der Waals surface area contributed by atoms with Crippen LogP contribution in [0.15, 0.2) is 41.3 Å². The van der Waals surface area contributed by atoms with Gasteiger partial charge in [-0.1, -0.05) is 12.1 Å². The molecule has 8 heteroatoms. The Morgan fingerprint density at radius 3 is 2.33 bits per heavy atom. The van der Waals surface area contributed by atoms with Gasteiger partial charge >= 0.3 is 0 Å². The lowest BCUT2D eigenvalue weighted by atomic mass is 10.1. The van der Waals surface area contributed by atoms with Crippen LogP contribution in [0.1, 0.15) is 27.0 Å². The van der Waals surface area contributed by atoms with Crippen molar-refractivity contribution in [3.8, 4) is 0 Å². The zero-order valence-electron chi connectivity index (χ0n) is 17.9. The molecule has 1 heterocycles. The molecule has 162 valence electrons. The summed E-state index contributed by atoms with van der Waals surface area (Å²) in [6, 6.07) is 11.3. The molecule has 1 aliphatic heterocycles. The molecular formula is C22H29N3O4S. The van der Waals surface area contributed by atoms with Crippen LogP contribution in [0.2, 0.25) is 0 Å². The Morgan fingerprint density at radius 2 is 1.73 bits per heavy atom. The maximum absolute atomic E-state index is 12.7. The number of hydrogen-bond donors (Lipinski definition) is 1. The van der Waals surface area contributed by atoms with E-state index in [0.717, 1.165) is 47.4 Å². The van der Waals surface area contributed by atoms with Crippen LogP contribution in [0, 0.1) is 13.8 Å². The van der Waals surface area contributed by atoms with Crippen molar-refractivity contribution in [3.63, 3.8) is 0 Å². The summed E-state index contributed by atoms with van der Waals surface area (Å²) >= 11 is 0. The average molecular weight is 432 g/mol. The first-order valence-electron chi connectivity index (χ1n) is 9.94. The third-order valence-corrected chi connectivity index (χ3v) is 7.35. The van der Waals surface area contributed by atoms with Crippen LogP contribution in [-0.2, 0) is 21.3 Å². The molecule has 2 aromatic carbocycles. The van der Waals surface area contributed by atoms with Gasteiger partial charge in [0.1, 0.15) is 0 Å². The van der Waals surface area contributed by atoms with Crippen LogP contribution < -0.4 is 10.2 Å². The minimum atomic E-state index is -3.63. The number of ether oxygens (including phenoxy) is 1. The second-order valence-electron chi connectivity index (χ2n) is 7.65. The summed E-state index contributed by atoms with van der Waals surface area (Å²) in [5.41, 5.74) is 3.87. The Bertz CT molecular complexity index is 1010. The summed E-state index contributed by atoms with van der Waals surface area (Å²) in [5, 5.41) is 2.89. The van der Waals surface area contributed by atoms with Crippen molar-refractivity contribution in [2.24, 2.45) is 0 Å². The third kappa shape index (κ3) is 4.83. The molecule has 1 amide bonds. The van der Waals surface area contributed by atoms with Gasteiger partial charge in [-0.05, 0) is 54.8 Å². The first kappa shape index (κ1) is 22.3. The van der Waals surface area contributed by atoms with Crippen molar-refractivity contribution in [1.82, 2.24) is 9.62 Å². The van der Waals surface area contributed by atoms with Gasteiger partial charge in [-0.25, -0.2) is 12.7 Å². The number of carbonyl (C=O) groups excluding carboxylic acids is 1. The Labute approximate surface area is 178 Å². The van der Waals surface area contributed by atoms with E-state index in [-0.39, 0.29) is 10.8 Å². The van der Waals surface area contributed by atoms with Gasteiger partial charge in [-0.2, -0.15) is 0 Å². The van der Waals surface area contributed by atoms with Gasteiger partial charge < -0.3 is 15.0 Å². The molecule has 2 aromatic rings. The molecule has 1 N–H and O–H groups in total. The highest BCUT2D eigenvalue weighted by atomic mass is 32.2. The Kier molecular flexibility index (Phi) is 6.80. The van der Waals surface area contributed by atoms with Crippen LogP contribution in [0.3, 0.4) is 0 Å². The number of benzene rings is 2. The number of carbonyl (C=O) groups is 1. The monoisotopic (exact) mass is 431 g/mol. The van der Waals surface area contributed by atoms with Crippen molar-refractivity contribution in [2.75, 3.05) is 45.3 Å². The van der Waals surface area contributed by atoms with E-state index in [1.54, 1.807) is 13.0 Å². The molecule has 1 fully saturated rings. The molecule has 3 rings (SSSR count). The zero-order chi connectivity index (χ0) is 21.9. The van der Waals surface area contributed by atoms with E-state index in [9.17, 15) is 13.2 Å². The van der Waals surface area contributed by atoms with E-state index in [4.69, 9.17) is 4.74 Å². The summed E-state index contributed by atoms with van der Waals surface area (Å²) in [6.45, 7) is 7.15. The summed E-state index contributed by atoms with van der Waals surface area (Å²) in [7, 11) is -0.662. The summed E-state index contributed by atoms with van der Waals surface area (Å²) < 4.78 is 31.7. The van der Waals surface area contributed by atoms with E-state index >= 15 is 0 Å². The third-order valence-electron chi connectivity index (χ3n) is 5.41. The second-order valence-corrected chi connectivity index (χ2v) is 9.77. The van der Waals surface area contributed by atoms with Gasteiger partial charge in [0.15, 0.2) is 0 Å². The summed E-state index contributed by atoms with van der Waals surface area (Å²) in [6.07, 6.45) is 0. The Hall–Kier alpha value is -2.42. The predicted octanol–water partition coefficient (Wildman–Crippen LogP) is 2.32. The molecule has 0 atom stereocenters. The molecule has 7 nitrogen and oxygen atoms in total. The van der Waals surface area contributed by atoms with Crippen molar-refractivity contribution < 1.29 is 17.9 Å². The first-order valence-corrected chi connectivity index (χ1v) is 11.4. The summed E-state index contributed by atoms with van der Waals surface area (Å²) in [5.74, 6) is -0.300. The number of amides is 1. The van der Waals surface area contributed by atoms with Crippen molar-refractivity contribution in [3.05, 3.63) is 58.7 Å². The van der Waals surface area contributed by atoms with Crippen molar-refractivity contribution in [2.45, 2.75) is 25.3 Å². The normalized spacial score (nSPS) is 14.8. The molecule has 30 heavy (non-hydrogen) atoms. The minimum absolute atomic E-state index is 0.160. The van der Waals surface area contributed by atoms with Gasteiger partial charge in [0.25, 0.3) is 5.91 Å². The number of aryl methyl sites for hydroxylation is 1. The van der Waals surface area contributed by atoms with Crippen molar-refractivity contribution in [1.29, 1.82) is 0 Å². The number of rotatable bonds is 6. The van der Waals surface area contributed by atoms with E-state index in [1.807, 2.05) is 31.2 Å². The van der Waals surface area contributed by atoms with Gasteiger partial charge in [0, 0.05) is 45.0 Å². The van der Waals surface area contributed by atoms with E-state index in [1.165, 1.54) is 20.2 Å². The predicted molar refractivity (Wildman–Crippen MR) is 117 cm³/mol.